The summed E-state index contributed by atoms with van der Waals surface area (Å²) in [4.78, 5) is 0. The van der Waals surface area contributed by atoms with Crippen LogP contribution in [0.3, 0.4) is 0 Å². The number of aliphatic hydroxyl groups excluding tert-OH is 1. The molecule has 1 heterocycles. The van der Waals surface area contributed by atoms with Crippen molar-refractivity contribution < 1.29 is 22.8 Å². The number of nitrogens with one attached hydrogen (secondary N) is 1. The Morgan fingerprint density at radius 1 is 1.42 bits per heavy atom. The van der Waals surface area contributed by atoms with Crippen molar-refractivity contribution in [1.29, 1.82) is 0 Å². The van der Waals surface area contributed by atoms with E-state index in [0.29, 0.717) is 12.2 Å². The lowest BCUT2D eigenvalue weighted by atomic mass is 9.84. The van der Waals surface area contributed by atoms with Gasteiger partial charge >= 0.3 is 10.3 Å². The first-order valence-electron chi connectivity index (χ1n) is 5.90. The molecule has 0 amide bonds. The van der Waals surface area contributed by atoms with Crippen LogP contribution in [-0.2, 0) is 22.1 Å². The summed E-state index contributed by atoms with van der Waals surface area (Å²) in [5.74, 6) is 0.643. The molecule has 1 aliphatic heterocycles. The Hall–Kier alpha value is -1.15. The number of hydrogen-bond donors (Lipinski definition) is 3. The highest BCUT2D eigenvalue weighted by atomic mass is 32.2. The molecule has 0 spiro atoms. The minimum atomic E-state index is -4.15. The van der Waals surface area contributed by atoms with Gasteiger partial charge in [0.15, 0.2) is 0 Å². The van der Waals surface area contributed by atoms with E-state index in [2.05, 4.69) is 0 Å². The molecular formula is C12H17NO5S. The zero-order chi connectivity index (χ0) is 14.3. The highest BCUT2D eigenvalue weighted by molar-refractivity contribution is 7.83. The predicted molar refractivity (Wildman–Crippen MR) is 69.4 cm³/mol. The fourth-order valence-electron chi connectivity index (χ4n) is 2.06. The lowest BCUT2D eigenvalue weighted by Crippen LogP contribution is -2.31. The van der Waals surface area contributed by atoms with E-state index in [4.69, 9.17) is 9.29 Å². The van der Waals surface area contributed by atoms with Crippen LogP contribution < -0.4 is 9.46 Å². The molecule has 7 heteroatoms. The lowest BCUT2D eigenvalue weighted by molar-refractivity contribution is -0.0450. The molecule has 1 aromatic carbocycles. The van der Waals surface area contributed by atoms with Crippen LogP contribution in [0.25, 0.3) is 0 Å². The Labute approximate surface area is 112 Å². The summed E-state index contributed by atoms with van der Waals surface area (Å²) in [6.45, 7) is 3.87. The minimum Gasteiger partial charge on any atom is -0.464 e. The minimum absolute atomic E-state index is 0.113. The Balaban J connectivity index is 2.12. The third kappa shape index (κ3) is 3.06. The molecule has 1 unspecified atom stereocenters. The van der Waals surface area contributed by atoms with Gasteiger partial charge in [-0.3, -0.25) is 4.55 Å². The number of aliphatic hydroxyl groups is 1. The third-order valence-corrected chi connectivity index (χ3v) is 3.86. The van der Waals surface area contributed by atoms with Crippen molar-refractivity contribution in [3.05, 3.63) is 29.3 Å². The van der Waals surface area contributed by atoms with Crippen molar-refractivity contribution in [3.8, 4) is 5.75 Å². The average Bonchev–Trinajstić information content (AvgIpc) is 2.49. The highest BCUT2D eigenvalue weighted by Crippen LogP contribution is 2.42. The van der Waals surface area contributed by atoms with Crippen molar-refractivity contribution in [2.45, 2.75) is 32.0 Å². The largest absolute Gasteiger partial charge is 0.464 e. The molecule has 19 heavy (non-hydrogen) atoms. The van der Waals surface area contributed by atoms with Crippen molar-refractivity contribution in [2.75, 3.05) is 6.54 Å². The molecule has 0 saturated heterocycles. The summed E-state index contributed by atoms with van der Waals surface area (Å²) in [7, 11) is -4.15. The van der Waals surface area contributed by atoms with Crippen LogP contribution in [0.1, 0.15) is 25.0 Å². The Morgan fingerprint density at radius 2 is 2.11 bits per heavy atom. The maximum Gasteiger partial charge on any atom is 0.333 e. The second-order valence-electron chi connectivity index (χ2n) is 5.14. The fourth-order valence-corrected chi connectivity index (χ4v) is 2.42. The van der Waals surface area contributed by atoms with Crippen LogP contribution in [-0.4, -0.2) is 30.9 Å². The zero-order valence-electron chi connectivity index (χ0n) is 10.8. The number of ether oxygens (including phenoxy) is 1. The number of benzene rings is 1. The van der Waals surface area contributed by atoms with Crippen molar-refractivity contribution >= 4 is 10.3 Å². The molecule has 0 bridgehead atoms. The van der Waals surface area contributed by atoms with Gasteiger partial charge in [-0.15, -0.1) is 0 Å². The van der Waals surface area contributed by atoms with Crippen LogP contribution in [0.4, 0.5) is 0 Å². The first-order chi connectivity index (χ1) is 8.70. The van der Waals surface area contributed by atoms with Crippen LogP contribution in [0.15, 0.2) is 18.2 Å². The molecule has 0 aliphatic carbocycles. The van der Waals surface area contributed by atoms with Crippen LogP contribution in [0, 0.1) is 0 Å². The molecule has 2 rings (SSSR count). The van der Waals surface area contributed by atoms with Crippen molar-refractivity contribution in [3.63, 3.8) is 0 Å². The second kappa shape index (κ2) is 4.75. The Kier molecular flexibility index (Phi) is 3.57. The summed E-state index contributed by atoms with van der Waals surface area (Å²) < 4.78 is 37.0. The smallest absolute Gasteiger partial charge is 0.333 e. The summed E-state index contributed by atoms with van der Waals surface area (Å²) in [5, 5.41) is 9.81. The van der Waals surface area contributed by atoms with E-state index in [9.17, 15) is 13.5 Å². The van der Waals surface area contributed by atoms with Crippen molar-refractivity contribution in [2.24, 2.45) is 0 Å². The van der Waals surface area contributed by atoms with Gasteiger partial charge in [-0.2, -0.15) is 13.1 Å². The van der Waals surface area contributed by atoms with Gasteiger partial charge in [0.2, 0.25) is 6.29 Å². The van der Waals surface area contributed by atoms with Crippen LogP contribution in [0.2, 0.25) is 0 Å². The SMILES string of the molecule is CC1(C)c2cc(CCNS(=O)(=O)O)ccc2OC1O. The third-order valence-electron chi connectivity index (χ3n) is 3.29. The molecule has 1 aliphatic rings. The van der Waals surface area contributed by atoms with Gasteiger partial charge in [0.25, 0.3) is 0 Å². The van der Waals surface area contributed by atoms with E-state index < -0.39 is 22.0 Å². The van der Waals surface area contributed by atoms with E-state index in [1.54, 1.807) is 12.1 Å². The molecular weight excluding hydrogens is 270 g/mol. The van der Waals surface area contributed by atoms with Crippen molar-refractivity contribution in [1.82, 2.24) is 4.72 Å². The molecule has 3 N–H and O–H groups in total. The molecule has 1 aromatic rings. The monoisotopic (exact) mass is 287 g/mol. The van der Waals surface area contributed by atoms with E-state index in [1.807, 2.05) is 24.6 Å². The molecule has 106 valence electrons. The summed E-state index contributed by atoms with van der Waals surface area (Å²) in [6, 6.07) is 5.45. The molecule has 0 aromatic heterocycles. The summed E-state index contributed by atoms with van der Waals surface area (Å²) in [5.41, 5.74) is 1.30. The van der Waals surface area contributed by atoms with Crippen LogP contribution >= 0.6 is 0 Å². The molecule has 1 atom stereocenters. The zero-order valence-corrected chi connectivity index (χ0v) is 11.6. The topological polar surface area (TPSA) is 95.9 Å². The van der Waals surface area contributed by atoms with Gasteiger partial charge in [-0.05, 0) is 31.9 Å². The average molecular weight is 287 g/mol. The van der Waals surface area contributed by atoms with E-state index >= 15 is 0 Å². The van der Waals surface area contributed by atoms with E-state index in [0.717, 1.165) is 11.1 Å². The number of hydrogen-bond acceptors (Lipinski definition) is 4. The van der Waals surface area contributed by atoms with Gasteiger partial charge in [0.1, 0.15) is 5.75 Å². The maximum absolute atomic E-state index is 10.5. The second-order valence-corrected chi connectivity index (χ2v) is 6.38. The van der Waals surface area contributed by atoms with Gasteiger partial charge in [0.05, 0.1) is 5.41 Å². The summed E-state index contributed by atoms with van der Waals surface area (Å²) >= 11 is 0. The van der Waals surface area contributed by atoms with Gasteiger partial charge < -0.3 is 9.84 Å². The fraction of sp³-hybridized carbons (Fsp3) is 0.500. The highest BCUT2D eigenvalue weighted by Gasteiger charge is 2.40. The maximum atomic E-state index is 10.5. The van der Waals surface area contributed by atoms with E-state index in [-0.39, 0.29) is 6.54 Å². The van der Waals surface area contributed by atoms with Gasteiger partial charge in [0, 0.05) is 12.1 Å². The quantitative estimate of drug-likeness (QED) is 0.705. The lowest BCUT2D eigenvalue weighted by Gasteiger charge is -2.20. The number of rotatable bonds is 4. The van der Waals surface area contributed by atoms with Gasteiger partial charge in [-0.25, -0.2) is 0 Å². The molecule has 6 nitrogen and oxygen atoms in total. The normalized spacial score (nSPS) is 20.9. The van der Waals surface area contributed by atoms with Crippen LogP contribution in [0.5, 0.6) is 5.75 Å². The predicted octanol–water partition coefficient (Wildman–Crippen LogP) is 0.610. The molecule has 0 saturated carbocycles. The van der Waals surface area contributed by atoms with Gasteiger partial charge in [-0.1, -0.05) is 12.1 Å². The Bertz CT molecular complexity index is 582. The molecule has 0 radical (unpaired) electrons. The first-order valence-corrected chi connectivity index (χ1v) is 7.34. The number of fused-ring (bicyclic) bond motifs is 1. The Morgan fingerprint density at radius 3 is 2.74 bits per heavy atom. The standard InChI is InChI=1S/C12H17NO5S/c1-12(2)9-7-8(5-6-13-19(15,16)17)3-4-10(9)18-11(12)14/h3-4,7,11,13-14H,5-6H2,1-2H3,(H,15,16,17). The molecule has 0 fully saturated rings. The van der Waals surface area contributed by atoms with E-state index in [1.165, 1.54) is 0 Å². The first kappa shape index (κ1) is 14.3. The summed E-state index contributed by atoms with van der Waals surface area (Å²) in [6.07, 6.45) is -0.437.